The topological polar surface area (TPSA) is 20.2 Å². The fraction of sp³-hybridized carbons (Fsp3) is 0.571. The SMILES string of the molecule is Cc1ccc(C(O)CC2CCCC2)c(F)c1. The van der Waals surface area contributed by atoms with Crippen LogP contribution in [0, 0.1) is 18.7 Å². The molecule has 2 rings (SSSR count). The monoisotopic (exact) mass is 222 g/mol. The molecule has 0 bridgehead atoms. The number of benzene rings is 1. The minimum Gasteiger partial charge on any atom is -0.388 e. The van der Waals surface area contributed by atoms with E-state index in [0.717, 1.165) is 5.56 Å². The molecule has 0 radical (unpaired) electrons. The first kappa shape index (κ1) is 11.6. The summed E-state index contributed by atoms with van der Waals surface area (Å²) < 4.78 is 13.6. The molecule has 1 nitrogen and oxygen atoms in total. The van der Waals surface area contributed by atoms with Crippen LogP contribution < -0.4 is 0 Å². The maximum absolute atomic E-state index is 13.6. The molecule has 1 unspecified atom stereocenters. The molecule has 0 amide bonds. The zero-order valence-electron chi connectivity index (χ0n) is 9.75. The van der Waals surface area contributed by atoms with Crippen LogP contribution in [0.4, 0.5) is 4.39 Å². The summed E-state index contributed by atoms with van der Waals surface area (Å²) in [5.41, 5.74) is 1.35. The molecule has 1 aromatic carbocycles. The van der Waals surface area contributed by atoms with Crippen LogP contribution >= 0.6 is 0 Å². The zero-order chi connectivity index (χ0) is 11.5. The molecule has 1 aromatic rings. The molecule has 2 heteroatoms. The highest BCUT2D eigenvalue weighted by molar-refractivity contribution is 5.25. The van der Waals surface area contributed by atoms with Gasteiger partial charge < -0.3 is 5.11 Å². The number of aliphatic hydroxyl groups is 1. The van der Waals surface area contributed by atoms with Crippen LogP contribution in [-0.4, -0.2) is 5.11 Å². The van der Waals surface area contributed by atoms with Crippen LogP contribution in [0.5, 0.6) is 0 Å². The van der Waals surface area contributed by atoms with E-state index in [0.29, 0.717) is 17.9 Å². The Kier molecular flexibility index (Phi) is 3.59. The molecular formula is C14H19FO. The van der Waals surface area contributed by atoms with E-state index in [1.165, 1.54) is 31.7 Å². The van der Waals surface area contributed by atoms with Gasteiger partial charge in [-0.2, -0.15) is 0 Å². The summed E-state index contributed by atoms with van der Waals surface area (Å²) in [6, 6.07) is 5.06. The molecule has 88 valence electrons. The van der Waals surface area contributed by atoms with Crippen LogP contribution in [0.3, 0.4) is 0 Å². The van der Waals surface area contributed by atoms with Crippen molar-refractivity contribution in [2.45, 2.75) is 45.1 Å². The van der Waals surface area contributed by atoms with Gasteiger partial charge >= 0.3 is 0 Å². The highest BCUT2D eigenvalue weighted by Crippen LogP contribution is 2.33. The average Bonchev–Trinajstić information content (AvgIpc) is 2.70. The molecule has 1 atom stereocenters. The molecule has 0 aromatic heterocycles. The van der Waals surface area contributed by atoms with Crippen molar-refractivity contribution in [2.24, 2.45) is 5.92 Å². The Morgan fingerprint density at radius 1 is 1.38 bits per heavy atom. The summed E-state index contributed by atoms with van der Waals surface area (Å²) in [7, 11) is 0. The molecule has 1 N–H and O–H groups in total. The Bertz CT molecular complexity index is 356. The van der Waals surface area contributed by atoms with Crippen molar-refractivity contribution in [1.82, 2.24) is 0 Å². The predicted octanol–water partition coefficient (Wildman–Crippen LogP) is 3.75. The Labute approximate surface area is 96.3 Å². The Hall–Kier alpha value is -0.890. The number of aryl methyl sites for hydroxylation is 1. The van der Waals surface area contributed by atoms with Gasteiger partial charge in [-0.1, -0.05) is 37.8 Å². The van der Waals surface area contributed by atoms with E-state index in [1.54, 1.807) is 6.07 Å². The fourth-order valence-corrected chi connectivity index (χ4v) is 2.59. The molecule has 1 aliphatic carbocycles. The van der Waals surface area contributed by atoms with E-state index < -0.39 is 6.10 Å². The summed E-state index contributed by atoms with van der Waals surface area (Å²) in [4.78, 5) is 0. The van der Waals surface area contributed by atoms with Crippen molar-refractivity contribution < 1.29 is 9.50 Å². The molecule has 0 spiro atoms. The lowest BCUT2D eigenvalue weighted by Crippen LogP contribution is -2.06. The number of rotatable bonds is 3. The zero-order valence-corrected chi connectivity index (χ0v) is 9.75. The average molecular weight is 222 g/mol. The number of hydrogen-bond donors (Lipinski definition) is 1. The van der Waals surface area contributed by atoms with E-state index >= 15 is 0 Å². The van der Waals surface area contributed by atoms with Crippen molar-refractivity contribution in [1.29, 1.82) is 0 Å². The second kappa shape index (κ2) is 4.96. The van der Waals surface area contributed by atoms with Gasteiger partial charge in [0.2, 0.25) is 0 Å². The molecule has 0 saturated heterocycles. The van der Waals surface area contributed by atoms with Crippen LogP contribution in [0.15, 0.2) is 18.2 Å². The maximum atomic E-state index is 13.6. The summed E-state index contributed by atoms with van der Waals surface area (Å²) in [5, 5.41) is 10.0. The highest BCUT2D eigenvalue weighted by Gasteiger charge is 2.21. The fourth-order valence-electron chi connectivity index (χ4n) is 2.59. The van der Waals surface area contributed by atoms with Gasteiger partial charge in [0.05, 0.1) is 6.10 Å². The second-order valence-corrected chi connectivity index (χ2v) is 4.93. The third-order valence-electron chi connectivity index (χ3n) is 3.55. The van der Waals surface area contributed by atoms with Crippen LogP contribution in [-0.2, 0) is 0 Å². The number of hydrogen-bond acceptors (Lipinski definition) is 1. The summed E-state index contributed by atoms with van der Waals surface area (Å²) in [6.07, 6.45) is 4.96. The minimum absolute atomic E-state index is 0.273. The highest BCUT2D eigenvalue weighted by atomic mass is 19.1. The van der Waals surface area contributed by atoms with Gasteiger partial charge in [-0.25, -0.2) is 4.39 Å². The first-order valence-corrected chi connectivity index (χ1v) is 6.11. The van der Waals surface area contributed by atoms with Gasteiger partial charge in [0.15, 0.2) is 0 Å². The number of aliphatic hydroxyl groups excluding tert-OH is 1. The second-order valence-electron chi connectivity index (χ2n) is 4.93. The maximum Gasteiger partial charge on any atom is 0.129 e. The molecule has 1 aliphatic rings. The molecular weight excluding hydrogens is 203 g/mol. The van der Waals surface area contributed by atoms with E-state index in [9.17, 15) is 9.50 Å². The summed E-state index contributed by atoms with van der Waals surface area (Å²) in [6.45, 7) is 1.86. The lowest BCUT2D eigenvalue weighted by molar-refractivity contribution is 0.141. The predicted molar refractivity (Wildman–Crippen MR) is 62.7 cm³/mol. The summed E-state index contributed by atoms with van der Waals surface area (Å²) in [5.74, 6) is 0.307. The van der Waals surface area contributed by atoms with Crippen LogP contribution in [0.25, 0.3) is 0 Å². The Morgan fingerprint density at radius 2 is 2.06 bits per heavy atom. The van der Waals surface area contributed by atoms with Gasteiger partial charge in [-0.05, 0) is 30.9 Å². The molecule has 0 heterocycles. The minimum atomic E-state index is -0.635. The van der Waals surface area contributed by atoms with Gasteiger partial charge in [0.25, 0.3) is 0 Å². The lowest BCUT2D eigenvalue weighted by Gasteiger charge is -2.16. The van der Waals surface area contributed by atoms with E-state index in [4.69, 9.17) is 0 Å². The first-order valence-electron chi connectivity index (χ1n) is 6.11. The van der Waals surface area contributed by atoms with Gasteiger partial charge in [0, 0.05) is 5.56 Å². The smallest absolute Gasteiger partial charge is 0.129 e. The third-order valence-corrected chi connectivity index (χ3v) is 3.55. The van der Waals surface area contributed by atoms with E-state index in [1.807, 2.05) is 13.0 Å². The van der Waals surface area contributed by atoms with Crippen molar-refractivity contribution >= 4 is 0 Å². The van der Waals surface area contributed by atoms with Crippen molar-refractivity contribution in [3.63, 3.8) is 0 Å². The van der Waals surface area contributed by atoms with Gasteiger partial charge in [-0.3, -0.25) is 0 Å². The van der Waals surface area contributed by atoms with Crippen molar-refractivity contribution in [3.05, 3.63) is 35.1 Å². The first-order chi connectivity index (χ1) is 7.66. The quantitative estimate of drug-likeness (QED) is 0.825. The van der Waals surface area contributed by atoms with Crippen molar-refractivity contribution in [3.8, 4) is 0 Å². The molecule has 1 saturated carbocycles. The van der Waals surface area contributed by atoms with Gasteiger partial charge in [-0.15, -0.1) is 0 Å². The molecule has 1 fully saturated rings. The number of halogens is 1. The Balaban J connectivity index is 2.04. The normalized spacial score (nSPS) is 18.9. The Morgan fingerprint density at radius 3 is 2.69 bits per heavy atom. The standard InChI is InChI=1S/C14H19FO/c1-10-6-7-12(13(15)8-10)14(16)9-11-4-2-3-5-11/h6-8,11,14,16H,2-5,9H2,1H3. The van der Waals surface area contributed by atoms with E-state index in [2.05, 4.69) is 0 Å². The molecule has 16 heavy (non-hydrogen) atoms. The molecule has 0 aliphatic heterocycles. The van der Waals surface area contributed by atoms with E-state index in [-0.39, 0.29) is 5.82 Å². The lowest BCUT2D eigenvalue weighted by atomic mass is 9.95. The third kappa shape index (κ3) is 2.62. The van der Waals surface area contributed by atoms with Crippen molar-refractivity contribution in [2.75, 3.05) is 0 Å². The van der Waals surface area contributed by atoms with Crippen LogP contribution in [0.2, 0.25) is 0 Å². The summed E-state index contributed by atoms with van der Waals surface area (Å²) >= 11 is 0. The van der Waals surface area contributed by atoms with Crippen LogP contribution in [0.1, 0.15) is 49.3 Å². The van der Waals surface area contributed by atoms with Gasteiger partial charge in [0.1, 0.15) is 5.82 Å². The largest absolute Gasteiger partial charge is 0.388 e.